The molecule has 0 aliphatic heterocycles. The first-order valence-electron chi connectivity index (χ1n) is 8.61. The standard InChI is InChI=1S/C21H18N2O3S/c1-3-16-17(13-9-11-15(26-2)12-10-13)22-21-23(16)18(19(27-21)20(24)25)14-7-5-4-6-8-14/h4-12H,3H2,1-2H3,(H,24,25). The Bertz CT molecular complexity index is 1110. The summed E-state index contributed by atoms with van der Waals surface area (Å²) in [5.41, 5.74) is 4.42. The molecule has 0 aliphatic carbocycles. The van der Waals surface area contributed by atoms with Gasteiger partial charge in [-0.15, -0.1) is 0 Å². The Labute approximate surface area is 160 Å². The quantitative estimate of drug-likeness (QED) is 0.531. The van der Waals surface area contributed by atoms with Crippen molar-refractivity contribution in [3.63, 3.8) is 0 Å². The summed E-state index contributed by atoms with van der Waals surface area (Å²) < 4.78 is 7.22. The van der Waals surface area contributed by atoms with Crippen LogP contribution in [0.1, 0.15) is 22.3 Å². The third-order valence-corrected chi connectivity index (χ3v) is 5.54. The first kappa shape index (κ1) is 17.3. The highest BCUT2D eigenvalue weighted by Crippen LogP contribution is 2.37. The molecular weight excluding hydrogens is 360 g/mol. The summed E-state index contributed by atoms with van der Waals surface area (Å²) in [5.74, 6) is -0.145. The highest BCUT2D eigenvalue weighted by atomic mass is 32.1. The zero-order valence-electron chi connectivity index (χ0n) is 15.0. The molecule has 0 spiro atoms. The van der Waals surface area contributed by atoms with Crippen molar-refractivity contribution in [2.45, 2.75) is 13.3 Å². The van der Waals surface area contributed by atoms with Gasteiger partial charge in [0, 0.05) is 11.1 Å². The van der Waals surface area contributed by atoms with Gasteiger partial charge in [-0.05, 0) is 30.7 Å². The first-order valence-corrected chi connectivity index (χ1v) is 9.43. The van der Waals surface area contributed by atoms with Crippen molar-refractivity contribution in [3.05, 3.63) is 65.2 Å². The molecule has 2 aromatic carbocycles. The lowest BCUT2D eigenvalue weighted by Crippen LogP contribution is -2.00. The van der Waals surface area contributed by atoms with E-state index in [9.17, 15) is 9.90 Å². The highest BCUT2D eigenvalue weighted by Gasteiger charge is 2.24. The molecule has 27 heavy (non-hydrogen) atoms. The van der Waals surface area contributed by atoms with Gasteiger partial charge >= 0.3 is 5.97 Å². The van der Waals surface area contributed by atoms with Gasteiger partial charge in [0.15, 0.2) is 4.96 Å². The second-order valence-electron chi connectivity index (χ2n) is 6.06. The van der Waals surface area contributed by atoms with Crippen LogP contribution >= 0.6 is 11.3 Å². The van der Waals surface area contributed by atoms with Crippen LogP contribution in [0.3, 0.4) is 0 Å². The summed E-state index contributed by atoms with van der Waals surface area (Å²) in [7, 11) is 1.64. The van der Waals surface area contributed by atoms with Gasteiger partial charge in [0.25, 0.3) is 0 Å². The zero-order chi connectivity index (χ0) is 19.0. The van der Waals surface area contributed by atoms with Gasteiger partial charge in [0.05, 0.1) is 24.2 Å². The molecule has 0 fully saturated rings. The lowest BCUT2D eigenvalue weighted by atomic mass is 10.1. The van der Waals surface area contributed by atoms with E-state index in [1.165, 1.54) is 11.3 Å². The molecule has 4 aromatic rings. The van der Waals surface area contributed by atoms with Crippen LogP contribution in [-0.4, -0.2) is 27.6 Å². The third-order valence-electron chi connectivity index (χ3n) is 4.51. The van der Waals surface area contributed by atoms with Crippen molar-refractivity contribution >= 4 is 22.3 Å². The Morgan fingerprint density at radius 1 is 1.11 bits per heavy atom. The van der Waals surface area contributed by atoms with E-state index in [2.05, 4.69) is 6.92 Å². The summed E-state index contributed by atoms with van der Waals surface area (Å²) in [4.78, 5) is 17.6. The average Bonchev–Trinajstić information content (AvgIpc) is 3.24. The van der Waals surface area contributed by atoms with Crippen LogP contribution in [0.15, 0.2) is 54.6 Å². The Hall–Kier alpha value is -3.12. The molecule has 1 N–H and O–H groups in total. The van der Waals surface area contributed by atoms with Crippen LogP contribution < -0.4 is 4.74 Å². The SMILES string of the molecule is CCc1c(-c2ccc(OC)cc2)nc2sc(C(=O)O)c(-c3ccccc3)n12. The Morgan fingerprint density at radius 3 is 2.41 bits per heavy atom. The number of hydrogen-bond acceptors (Lipinski definition) is 4. The molecule has 2 heterocycles. The number of hydrogen-bond donors (Lipinski definition) is 1. The fraction of sp³-hybridized carbons (Fsp3) is 0.143. The van der Waals surface area contributed by atoms with E-state index in [-0.39, 0.29) is 0 Å². The van der Waals surface area contributed by atoms with Crippen molar-refractivity contribution in [1.82, 2.24) is 9.38 Å². The Kier molecular flexibility index (Phi) is 4.41. The van der Waals surface area contributed by atoms with Crippen LogP contribution in [-0.2, 0) is 6.42 Å². The van der Waals surface area contributed by atoms with E-state index in [1.54, 1.807) is 7.11 Å². The number of carboxylic acid groups (broad SMARTS) is 1. The monoisotopic (exact) mass is 378 g/mol. The van der Waals surface area contributed by atoms with E-state index in [0.717, 1.165) is 34.7 Å². The maximum Gasteiger partial charge on any atom is 0.348 e. The predicted molar refractivity (Wildman–Crippen MR) is 107 cm³/mol. The molecule has 0 saturated carbocycles. The van der Waals surface area contributed by atoms with Gasteiger partial charge in [0.1, 0.15) is 10.6 Å². The molecule has 6 heteroatoms. The molecule has 2 aromatic heterocycles. The van der Waals surface area contributed by atoms with E-state index in [4.69, 9.17) is 9.72 Å². The maximum atomic E-state index is 11.8. The van der Waals surface area contributed by atoms with E-state index in [1.807, 2.05) is 59.0 Å². The van der Waals surface area contributed by atoms with Gasteiger partial charge in [-0.1, -0.05) is 48.6 Å². The molecule has 0 atom stereocenters. The molecule has 136 valence electrons. The number of nitrogens with zero attached hydrogens (tertiary/aromatic N) is 2. The second kappa shape index (κ2) is 6.89. The average molecular weight is 378 g/mol. The highest BCUT2D eigenvalue weighted by molar-refractivity contribution is 7.19. The molecule has 0 aliphatic rings. The largest absolute Gasteiger partial charge is 0.497 e. The lowest BCUT2D eigenvalue weighted by molar-refractivity contribution is 0.0702. The number of fused-ring (bicyclic) bond motifs is 1. The molecule has 0 bridgehead atoms. The van der Waals surface area contributed by atoms with Crippen LogP contribution in [0.5, 0.6) is 5.75 Å². The number of rotatable bonds is 5. The van der Waals surface area contributed by atoms with E-state index in [0.29, 0.717) is 15.5 Å². The molecule has 0 unspecified atom stereocenters. The first-order chi connectivity index (χ1) is 13.1. The van der Waals surface area contributed by atoms with Crippen LogP contribution in [0.4, 0.5) is 0 Å². The van der Waals surface area contributed by atoms with Crippen LogP contribution in [0.25, 0.3) is 27.5 Å². The number of carbonyl (C=O) groups is 1. The second-order valence-corrected chi connectivity index (χ2v) is 7.04. The lowest BCUT2D eigenvalue weighted by Gasteiger charge is -2.07. The molecule has 4 rings (SSSR count). The smallest absolute Gasteiger partial charge is 0.348 e. The number of imidazole rings is 1. The van der Waals surface area contributed by atoms with Crippen molar-refractivity contribution < 1.29 is 14.6 Å². The van der Waals surface area contributed by atoms with E-state index < -0.39 is 5.97 Å². The fourth-order valence-corrected chi connectivity index (χ4v) is 4.28. The molecule has 0 radical (unpaired) electrons. The normalized spacial score (nSPS) is 11.0. The van der Waals surface area contributed by atoms with Gasteiger partial charge in [-0.3, -0.25) is 4.40 Å². The van der Waals surface area contributed by atoms with Gasteiger partial charge < -0.3 is 9.84 Å². The van der Waals surface area contributed by atoms with Crippen molar-refractivity contribution in [1.29, 1.82) is 0 Å². The predicted octanol–water partition coefficient (Wildman–Crippen LogP) is 5.00. The van der Waals surface area contributed by atoms with Crippen molar-refractivity contribution in [3.8, 4) is 28.3 Å². The minimum atomic E-state index is -0.933. The minimum Gasteiger partial charge on any atom is -0.497 e. The third kappa shape index (κ3) is 2.88. The number of aromatic carboxylic acids is 1. The minimum absolute atomic E-state index is 0.305. The van der Waals surface area contributed by atoms with Crippen molar-refractivity contribution in [2.75, 3.05) is 7.11 Å². The van der Waals surface area contributed by atoms with Gasteiger partial charge in [-0.25, -0.2) is 9.78 Å². The van der Waals surface area contributed by atoms with Gasteiger partial charge in [-0.2, -0.15) is 0 Å². The van der Waals surface area contributed by atoms with Crippen LogP contribution in [0.2, 0.25) is 0 Å². The number of methoxy groups -OCH3 is 1. The number of carboxylic acids is 1. The molecule has 0 amide bonds. The number of thiazole rings is 1. The maximum absolute atomic E-state index is 11.8. The summed E-state index contributed by atoms with van der Waals surface area (Å²) in [6, 6.07) is 17.4. The summed E-state index contributed by atoms with van der Waals surface area (Å²) in [5, 5.41) is 9.71. The summed E-state index contributed by atoms with van der Waals surface area (Å²) in [6.07, 6.45) is 0.734. The van der Waals surface area contributed by atoms with Crippen molar-refractivity contribution in [2.24, 2.45) is 0 Å². The van der Waals surface area contributed by atoms with E-state index >= 15 is 0 Å². The summed E-state index contributed by atoms with van der Waals surface area (Å²) in [6.45, 7) is 2.06. The topological polar surface area (TPSA) is 63.8 Å². The molecule has 5 nitrogen and oxygen atoms in total. The number of aryl methyl sites for hydroxylation is 1. The Morgan fingerprint density at radius 2 is 1.81 bits per heavy atom. The Balaban J connectivity index is 1.99. The zero-order valence-corrected chi connectivity index (χ0v) is 15.8. The molecule has 0 saturated heterocycles. The number of ether oxygens (including phenoxy) is 1. The molecular formula is C21H18N2O3S. The van der Waals surface area contributed by atoms with Gasteiger partial charge in [0.2, 0.25) is 0 Å². The number of benzene rings is 2. The fourth-order valence-electron chi connectivity index (χ4n) is 3.28. The summed E-state index contributed by atoms with van der Waals surface area (Å²) >= 11 is 1.21. The van der Waals surface area contributed by atoms with Crippen LogP contribution in [0, 0.1) is 0 Å². The number of aromatic nitrogens is 2.